The second-order valence-corrected chi connectivity index (χ2v) is 13.4. The number of halogens is 2. The van der Waals surface area contributed by atoms with E-state index in [-0.39, 0.29) is 36.5 Å². The van der Waals surface area contributed by atoms with Crippen LogP contribution < -0.4 is 9.47 Å². The van der Waals surface area contributed by atoms with Gasteiger partial charge in [0, 0.05) is 71.7 Å². The highest BCUT2D eigenvalue weighted by molar-refractivity contribution is 7.18. The Labute approximate surface area is 303 Å². The fourth-order valence-corrected chi connectivity index (χ4v) is 7.66. The maximum Gasteiger partial charge on any atom is 0.246 e. The molecule has 2 aromatic carbocycles. The first-order valence-electron chi connectivity index (χ1n) is 17.0. The first kappa shape index (κ1) is 35.0. The Bertz CT molecular complexity index is 2340. The standard InChI is InChI=1S/C39H38F2N6O4S/c1-6-8-9-13-50-32-21-29-24(22-45(4)43-29)17-27(32)37-26-10-16-52-39(26)36(35-28(41)18-25(40)19-33(35)51-15-14-49-5)38(42-37)30-20-31-23(3)46(34(48)7-2)11-12-47(31)44-30/h6-8,10,16-23H,2,9,11-15H2,1,3-5H3/b8-6+/t23-/m0/s1. The van der Waals surface area contributed by atoms with Gasteiger partial charge >= 0.3 is 0 Å². The zero-order chi connectivity index (χ0) is 36.5. The van der Waals surface area contributed by atoms with Crippen LogP contribution in [0.1, 0.15) is 32.0 Å². The topological polar surface area (TPSA) is 96.5 Å². The van der Waals surface area contributed by atoms with E-state index in [0.717, 1.165) is 33.6 Å². The number of allylic oxidation sites excluding steroid dienone is 1. The average molecular weight is 725 g/mol. The first-order valence-corrected chi connectivity index (χ1v) is 17.9. The lowest BCUT2D eigenvalue weighted by Crippen LogP contribution is -2.40. The zero-order valence-corrected chi connectivity index (χ0v) is 30.2. The molecule has 0 spiro atoms. The minimum atomic E-state index is -0.803. The van der Waals surface area contributed by atoms with E-state index < -0.39 is 11.6 Å². The number of ether oxygens (including phenoxy) is 3. The van der Waals surface area contributed by atoms with Crippen LogP contribution in [0.15, 0.2) is 72.8 Å². The monoisotopic (exact) mass is 724 g/mol. The number of nitrogens with zero attached hydrogens (tertiary/aromatic N) is 6. The van der Waals surface area contributed by atoms with Gasteiger partial charge in [0.05, 0.1) is 48.3 Å². The minimum Gasteiger partial charge on any atom is -0.492 e. The number of carbonyl (C=O) groups excluding carboxylic acids is 1. The fourth-order valence-electron chi connectivity index (χ4n) is 6.71. The molecule has 1 aliphatic heterocycles. The van der Waals surface area contributed by atoms with Crippen molar-refractivity contribution in [3.8, 4) is 45.3 Å². The van der Waals surface area contributed by atoms with Gasteiger partial charge in [-0.15, -0.1) is 11.3 Å². The summed E-state index contributed by atoms with van der Waals surface area (Å²) in [5.74, 6) is -1.14. The number of benzene rings is 2. The van der Waals surface area contributed by atoms with E-state index in [1.807, 2.05) is 73.6 Å². The van der Waals surface area contributed by atoms with Crippen molar-refractivity contribution in [2.24, 2.45) is 7.05 Å². The van der Waals surface area contributed by atoms with E-state index in [1.54, 1.807) is 9.58 Å². The van der Waals surface area contributed by atoms with Crippen molar-refractivity contribution in [1.29, 1.82) is 0 Å². The second kappa shape index (κ2) is 14.7. The highest BCUT2D eigenvalue weighted by Crippen LogP contribution is 2.49. The molecule has 6 aromatic rings. The van der Waals surface area contributed by atoms with Crippen LogP contribution in [0.25, 0.3) is 54.8 Å². The molecular formula is C39H38F2N6O4S. The molecule has 7 rings (SSSR count). The number of hydrogen-bond donors (Lipinski definition) is 0. The number of aryl methyl sites for hydroxylation is 1. The number of fused-ring (bicyclic) bond motifs is 3. The van der Waals surface area contributed by atoms with Crippen molar-refractivity contribution in [3.63, 3.8) is 0 Å². The van der Waals surface area contributed by atoms with Crippen LogP contribution in [0.3, 0.4) is 0 Å². The Hall–Kier alpha value is -5.40. The highest BCUT2D eigenvalue weighted by atomic mass is 32.1. The molecule has 0 fully saturated rings. The Morgan fingerprint density at radius 2 is 1.87 bits per heavy atom. The summed E-state index contributed by atoms with van der Waals surface area (Å²) in [4.78, 5) is 19.8. The third-order valence-corrected chi connectivity index (χ3v) is 10.1. The molecule has 4 aromatic heterocycles. The smallest absolute Gasteiger partial charge is 0.246 e. The van der Waals surface area contributed by atoms with Crippen LogP contribution in [-0.2, 0) is 23.1 Å². The van der Waals surface area contributed by atoms with Crippen LogP contribution in [0.4, 0.5) is 8.78 Å². The van der Waals surface area contributed by atoms with Gasteiger partial charge in [0.15, 0.2) is 0 Å². The summed E-state index contributed by atoms with van der Waals surface area (Å²) in [5.41, 5.74) is 4.21. The lowest BCUT2D eigenvalue weighted by Gasteiger charge is -2.33. The second-order valence-electron chi connectivity index (χ2n) is 12.5. The Morgan fingerprint density at radius 3 is 2.65 bits per heavy atom. The zero-order valence-electron chi connectivity index (χ0n) is 29.4. The predicted molar refractivity (Wildman–Crippen MR) is 199 cm³/mol. The van der Waals surface area contributed by atoms with E-state index in [2.05, 4.69) is 11.7 Å². The van der Waals surface area contributed by atoms with Crippen molar-refractivity contribution in [2.45, 2.75) is 32.9 Å². The molecule has 5 heterocycles. The van der Waals surface area contributed by atoms with Crippen LogP contribution in [0.2, 0.25) is 0 Å². The summed E-state index contributed by atoms with van der Waals surface area (Å²) in [7, 11) is 3.39. The molecule has 13 heteroatoms. The first-order chi connectivity index (χ1) is 25.2. The van der Waals surface area contributed by atoms with Crippen molar-refractivity contribution in [3.05, 3.63) is 90.1 Å². The average Bonchev–Trinajstić information content (AvgIpc) is 3.87. The van der Waals surface area contributed by atoms with Crippen molar-refractivity contribution in [2.75, 3.05) is 33.5 Å². The number of pyridine rings is 1. The van der Waals surface area contributed by atoms with Gasteiger partial charge in [0.25, 0.3) is 0 Å². The molecule has 0 radical (unpaired) electrons. The van der Waals surface area contributed by atoms with Crippen molar-refractivity contribution in [1.82, 2.24) is 29.4 Å². The predicted octanol–water partition coefficient (Wildman–Crippen LogP) is 8.12. The van der Waals surface area contributed by atoms with E-state index in [0.29, 0.717) is 59.2 Å². The van der Waals surface area contributed by atoms with Crippen LogP contribution in [-0.4, -0.2) is 68.8 Å². The summed E-state index contributed by atoms with van der Waals surface area (Å²) < 4.78 is 52.9. The molecule has 0 saturated heterocycles. The molecule has 0 N–H and O–H groups in total. The summed E-state index contributed by atoms with van der Waals surface area (Å²) in [6.45, 7) is 9.18. The number of thiophene rings is 1. The highest BCUT2D eigenvalue weighted by Gasteiger charge is 2.32. The number of amides is 1. The summed E-state index contributed by atoms with van der Waals surface area (Å²) >= 11 is 1.41. The molecule has 0 aliphatic carbocycles. The van der Waals surface area contributed by atoms with Crippen LogP contribution in [0.5, 0.6) is 11.5 Å². The third kappa shape index (κ3) is 6.46. The van der Waals surface area contributed by atoms with Gasteiger partial charge in [-0.05, 0) is 49.9 Å². The molecular weight excluding hydrogens is 687 g/mol. The fraction of sp³-hybridized carbons (Fsp3) is 0.282. The molecule has 0 bridgehead atoms. The number of rotatable bonds is 12. The largest absolute Gasteiger partial charge is 0.492 e. The number of hydrogen-bond acceptors (Lipinski definition) is 8. The minimum absolute atomic E-state index is 0.0185. The van der Waals surface area contributed by atoms with Gasteiger partial charge in [-0.25, -0.2) is 13.8 Å². The molecule has 1 atom stereocenters. The van der Waals surface area contributed by atoms with Crippen LogP contribution in [0, 0.1) is 11.6 Å². The summed E-state index contributed by atoms with van der Waals surface area (Å²) in [6, 6.07) is 9.46. The Kier molecular flexibility index (Phi) is 9.89. The molecule has 1 aliphatic rings. The third-order valence-electron chi connectivity index (χ3n) is 9.13. The molecule has 0 saturated carbocycles. The van der Waals surface area contributed by atoms with Gasteiger partial charge in [0.2, 0.25) is 5.91 Å². The van der Waals surface area contributed by atoms with Gasteiger partial charge < -0.3 is 19.1 Å². The van der Waals surface area contributed by atoms with Gasteiger partial charge in [-0.1, -0.05) is 18.7 Å². The summed E-state index contributed by atoms with van der Waals surface area (Å²) in [6.07, 6.45) is 7.96. The number of carbonyl (C=O) groups is 1. The normalized spacial score (nSPS) is 14.4. The molecule has 10 nitrogen and oxygen atoms in total. The molecule has 52 heavy (non-hydrogen) atoms. The van der Waals surface area contributed by atoms with Crippen molar-refractivity contribution < 1.29 is 27.8 Å². The Morgan fingerprint density at radius 1 is 1.04 bits per heavy atom. The van der Waals surface area contributed by atoms with Crippen molar-refractivity contribution >= 4 is 38.2 Å². The molecule has 268 valence electrons. The SMILES string of the molecule is C=CC(=O)N1CCn2nc(-c3nc(-c4cc5cn(C)nc5cc4OCC/C=C/C)c4ccsc4c3-c3c(F)cc(F)cc3OCCOC)cc2[C@@H]1C. The summed E-state index contributed by atoms with van der Waals surface area (Å²) in [5, 5.41) is 13.2. The Balaban J connectivity index is 1.51. The van der Waals surface area contributed by atoms with E-state index in [4.69, 9.17) is 24.3 Å². The quantitative estimate of drug-likeness (QED) is 0.0715. The number of methoxy groups -OCH3 is 1. The maximum absolute atomic E-state index is 16.3. The van der Waals surface area contributed by atoms with Crippen LogP contribution >= 0.6 is 11.3 Å². The van der Waals surface area contributed by atoms with Gasteiger partial charge in [-0.2, -0.15) is 10.2 Å². The number of aromatic nitrogens is 5. The van der Waals surface area contributed by atoms with Gasteiger partial charge in [0.1, 0.15) is 41.1 Å². The van der Waals surface area contributed by atoms with E-state index in [1.165, 1.54) is 30.6 Å². The molecule has 1 amide bonds. The van der Waals surface area contributed by atoms with E-state index >= 15 is 4.39 Å². The lowest BCUT2D eigenvalue weighted by atomic mass is 9.95. The van der Waals surface area contributed by atoms with Gasteiger partial charge in [-0.3, -0.25) is 14.2 Å². The lowest BCUT2D eigenvalue weighted by molar-refractivity contribution is -0.129. The molecule has 0 unspecified atom stereocenters. The van der Waals surface area contributed by atoms with E-state index in [9.17, 15) is 9.18 Å². The maximum atomic E-state index is 16.3.